The molecular formula is C12H13Cl2NO. The Bertz CT molecular complexity index is 418. The van der Waals surface area contributed by atoms with E-state index in [0.29, 0.717) is 34.1 Å². The Morgan fingerprint density at radius 2 is 1.81 bits per heavy atom. The van der Waals surface area contributed by atoms with Crippen molar-refractivity contribution in [3.63, 3.8) is 0 Å². The third-order valence-corrected chi connectivity index (χ3v) is 2.81. The number of hydrogen-bond donors (Lipinski definition) is 1. The molecule has 16 heavy (non-hydrogen) atoms. The maximum Gasteiger partial charge on any atom is 0.163 e. The number of carbonyl (C=O) groups excluding carboxylic acids is 1. The summed E-state index contributed by atoms with van der Waals surface area (Å²) in [5, 5.41) is 0.623. The molecule has 0 saturated carbocycles. The highest BCUT2D eigenvalue weighted by Crippen LogP contribution is 2.29. The number of hydrogen-bond acceptors (Lipinski definition) is 2. The molecule has 0 atom stereocenters. The van der Waals surface area contributed by atoms with Crippen molar-refractivity contribution in [3.8, 4) is 0 Å². The van der Waals surface area contributed by atoms with Gasteiger partial charge in [0.05, 0.1) is 15.7 Å². The zero-order valence-corrected chi connectivity index (χ0v) is 10.5. The molecule has 2 nitrogen and oxygen atoms in total. The van der Waals surface area contributed by atoms with Gasteiger partial charge in [0.1, 0.15) is 0 Å². The molecule has 1 aromatic carbocycles. The molecule has 0 aliphatic heterocycles. The molecule has 0 radical (unpaired) electrons. The SMILES string of the molecule is C=C(C)CCC(=O)c1cc(Cl)c(N)c(Cl)c1. The molecule has 0 bridgehead atoms. The van der Waals surface area contributed by atoms with Crippen molar-refractivity contribution in [1.29, 1.82) is 0 Å². The summed E-state index contributed by atoms with van der Waals surface area (Å²) in [4.78, 5) is 11.8. The number of rotatable bonds is 4. The molecule has 0 fully saturated rings. The van der Waals surface area contributed by atoms with Crippen LogP contribution in [0.25, 0.3) is 0 Å². The number of carbonyl (C=O) groups is 1. The number of anilines is 1. The van der Waals surface area contributed by atoms with Crippen LogP contribution in [0.1, 0.15) is 30.1 Å². The zero-order valence-electron chi connectivity index (χ0n) is 9.02. The van der Waals surface area contributed by atoms with Crippen molar-refractivity contribution in [3.05, 3.63) is 39.9 Å². The lowest BCUT2D eigenvalue weighted by molar-refractivity contribution is 0.0983. The molecular weight excluding hydrogens is 245 g/mol. The summed E-state index contributed by atoms with van der Waals surface area (Å²) in [6, 6.07) is 3.09. The number of nitrogens with two attached hydrogens (primary N) is 1. The van der Waals surface area contributed by atoms with Gasteiger partial charge in [-0.3, -0.25) is 4.79 Å². The van der Waals surface area contributed by atoms with Gasteiger partial charge in [0.15, 0.2) is 5.78 Å². The number of halogens is 2. The lowest BCUT2D eigenvalue weighted by Crippen LogP contribution is -2.00. The molecule has 0 amide bonds. The van der Waals surface area contributed by atoms with Crippen molar-refractivity contribution in [1.82, 2.24) is 0 Å². The van der Waals surface area contributed by atoms with Crippen LogP contribution in [0.2, 0.25) is 10.0 Å². The van der Waals surface area contributed by atoms with Crippen molar-refractivity contribution < 1.29 is 4.79 Å². The molecule has 0 aromatic heterocycles. The minimum atomic E-state index is -0.00759. The predicted octanol–water partition coefficient (Wildman–Crippen LogP) is 4.11. The van der Waals surface area contributed by atoms with Gasteiger partial charge in [-0.15, -0.1) is 6.58 Å². The minimum Gasteiger partial charge on any atom is -0.396 e. The smallest absolute Gasteiger partial charge is 0.163 e. The first-order valence-corrected chi connectivity index (χ1v) is 5.59. The van der Waals surface area contributed by atoms with E-state index >= 15 is 0 Å². The van der Waals surface area contributed by atoms with Crippen LogP contribution in [-0.2, 0) is 0 Å². The molecule has 1 rings (SSSR count). The van der Waals surface area contributed by atoms with Crippen LogP contribution in [0.5, 0.6) is 0 Å². The van der Waals surface area contributed by atoms with E-state index in [1.54, 1.807) is 12.1 Å². The Morgan fingerprint density at radius 3 is 2.25 bits per heavy atom. The van der Waals surface area contributed by atoms with Gasteiger partial charge in [-0.1, -0.05) is 28.8 Å². The standard InChI is InChI=1S/C12H13Cl2NO/c1-7(2)3-4-11(16)8-5-9(13)12(15)10(14)6-8/h5-6H,1,3-4,15H2,2H3. The second-order valence-corrected chi connectivity index (χ2v) is 4.55. The number of benzene rings is 1. The van der Waals surface area contributed by atoms with E-state index in [9.17, 15) is 4.79 Å². The highest BCUT2D eigenvalue weighted by atomic mass is 35.5. The van der Waals surface area contributed by atoms with Crippen LogP contribution in [0, 0.1) is 0 Å². The fourth-order valence-electron chi connectivity index (χ4n) is 1.22. The van der Waals surface area contributed by atoms with E-state index in [0.717, 1.165) is 5.57 Å². The van der Waals surface area contributed by atoms with Gasteiger partial charge >= 0.3 is 0 Å². The Hall–Kier alpha value is -0.990. The van der Waals surface area contributed by atoms with Gasteiger partial charge in [0.2, 0.25) is 0 Å². The topological polar surface area (TPSA) is 43.1 Å². The first kappa shape index (κ1) is 13.1. The van der Waals surface area contributed by atoms with Crippen molar-refractivity contribution in [2.45, 2.75) is 19.8 Å². The van der Waals surface area contributed by atoms with Gasteiger partial charge < -0.3 is 5.73 Å². The molecule has 0 heterocycles. The quantitative estimate of drug-likeness (QED) is 0.501. The van der Waals surface area contributed by atoms with Crippen molar-refractivity contribution in [2.24, 2.45) is 0 Å². The maximum atomic E-state index is 11.8. The third kappa shape index (κ3) is 3.26. The van der Waals surface area contributed by atoms with Crippen LogP contribution in [0.3, 0.4) is 0 Å². The fraction of sp³-hybridized carbons (Fsp3) is 0.250. The van der Waals surface area contributed by atoms with Crippen LogP contribution in [0.15, 0.2) is 24.3 Å². The molecule has 0 unspecified atom stereocenters. The molecule has 4 heteroatoms. The van der Waals surface area contributed by atoms with Crippen LogP contribution >= 0.6 is 23.2 Å². The van der Waals surface area contributed by atoms with Gasteiger partial charge in [0, 0.05) is 12.0 Å². The van der Waals surface area contributed by atoms with Crippen LogP contribution in [0.4, 0.5) is 5.69 Å². The molecule has 0 saturated heterocycles. The molecule has 0 aliphatic rings. The average molecular weight is 258 g/mol. The Labute approximate surface area is 105 Å². The molecule has 0 spiro atoms. The predicted molar refractivity (Wildman–Crippen MR) is 69.3 cm³/mol. The number of Topliss-reactive ketones (excluding diaryl/α,β-unsaturated/α-hetero) is 1. The van der Waals surface area contributed by atoms with Gasteiger partial charge in [-0.05, 0) is 25.5 Å². The van der Waals surface area contributed by atoms with Gasteiger partial charge in [0.25, 0.3) is 0 Å². The van der Waals surface area contributed by atoms with E-state index in [4.69, 9.17) is 28.9 Å². The lowest BCUT2D eigenvalue weighted by Gasteiger charge is -2.05. The van der Waals surface area contributed by atoms with E-state index in [1.807, 2.05) is 6.92 Å². The molecule has 2 N–H and O–H groups in total. The largest absolute Gasteiger partial charge is 0.396 e. The van der Waals surface area contributed by atoms with E-state index in [-0.39, 0.29) is 5.78 Å². The number of allylic oxidation sites excluding steroid dienone is 1. The first-order chi connectivity index (χ1) is 7.41. The number of nitrogen functional groups attached to an aromatic ring is 1. The van der Waals surface area contributed by atoms with Crippen LogP contribution < -0.4 is 5.73 Å². The Kier molecular flexibility index (Phi) is 4.39. The zero-order chi connectivity index (χ0) is 12.3. The van der Waals surface area contributed by atoms with E-state index in [1.165, 1.54) is 0 Å². The summed E-state index contributed by atoms with van der Waals surface area (Å²) in [5.74, 6) is -0.00759. The summed E-state index contributed by atoms with van der Waals surface area (Å²) < 4.78 is 0. The van der Waals surface area contributed by atoms with E-state index < -0.39 is 0 Å². The summed E-state index contributed by atoms with van der Waals surface area (Å²) >= 11 is 11.7. The monoisotopic (exact) mass is 257 g/mol. The number of ketones is 1. The van der Waals surface area contributed by atoms with E-state index in [2.05, 4.69) is 6.58 Å². The summed E-state index contributed by atoms with van der Waals surface area (Å²) in [6.45, 7) is 5.63. The summed E-state index contributed by atoms with van der Waals surface area (Å²) in [5.41, 5.74) is 7.35. The second kappa shape index (κ2) is 5.37. The first-order valence-electron chi connectivity index (χ1n) is 4.84. The lowest BCUT2D eigenvalue weighted by atomic mass is 10.0. The van der Waals surface area contributed by atoms with Crippen molar-refractivity contribution in [2.75, 3.05) is 5.73 Å². The molecule has 0 aliphatic carbocycles. The summed E-state index contributed by atoms with van der Waals surface area (Å²) in [7, 11) is 0. The normalized spacial score (nSPS) is 10.2. The molecule has 86 valence electrons. The Morgan fingerprint density at radius 1 is 1.31 bits per heavy atom. The highest BCUT2D eigenvalue weighted by molar-refractivity contribution is 6.39. The fourth-order valence-corrected chi connectivity index (χ4v) is 1.70. The third-order valence-electron chi connectivity index (χ3n) is 2.18. The Balaban J connectivity index is 2.88. The average Bonchev–Trinajstić information content (AvgIpc) is 2.21. The minimum absolute atomic E-state index is 0.00759. The van der Waals surface area contributed by atoms with Crippen LogP contribution in [-0.4, -0.2) is 5.78 Å². The van der Waals surface area contributed by atoms with Gasteiger partial charge in [-0.2, -0.15) is 0 Å². The van der Waals surface area contributed by atoms with Crippen molar-refractivity contribution >= 4 is 34.7 Å². The highest BCUT2D eigenvalue weighted by Gasteiger charge is 2.10. The summed E-state index contributed by atoms with van der Waals surface area (Å²) in [6.07, 6.45) is 1.07. The maximum absolute atomic E-state index is 11.8. The van der Waals surface area contributed by atoms with Gasteiger partial charge in [-0.25, -0.2) is 0 Å². The second-order valence-electron chi connectivity index (χ2n) is 3.73. The molecule has 1 aromatic rings.